The van der Waals surface area contributed by atoms with Crippen LogP contribution in [0.25, 0.3) is 11.3 Å². The van der Waals surface area contributed by atoms with Gasteiger partial charge < -0.3 is 4.90 Å². The second-order valence-electron chi connectivity index (χ2n) is 6.71. The Labute approximate surface area is 126 Å². The van der Waals surface area contributed by atoms with Gasteiger partial charge in [-0.15, -0.1) is 0 Å². The summed E-state index contributed by atoms with van der Waals surface area (Å²) in [5.41, 5.74) is 5.42. The molecule has 2 aliphatic heterocycles. The molecule has 0 spiro atoms. The van der Waals surface area contributed by atoms with E-state index < -0.39 is 0 Å². The molecule has 2 saturated heterocycles. The molecule has 2 heteroatoms. The molecule has 1 aromatic carbocycles. The van der Waals surface area contributed by atoms with E-state index in [0.29, 0.717) is 5.41 Å². The maximum absolute atomic E-state index is 4.76. The van der Waals surface area contributed by atoms with E-state index >= 15 is 0 Å². The molecule has 0 aliphatic carbocycles. The van der Waals surface area contributed by atoms with Crippen molar-refractivity contribution in [1.29, 1.82) is 0 Å². The van der Waals surface area contributed by atoms with E-state index in [9.17, 15) is 0 Å². The number of pyridine rings is 1. The van der Waals surface area contributed by atoms with Gasteiger partial charge in [-0.3, -0.25) is 4.98 Å². The van der Waals surface area contributed by atoms with Crippen molar-refractivity contribution in [3.05, 3.63) is 53.7 Å². The molecule has 0 radical (unpaired) electrons. The molecular formula is C19H22N2. The van der Waals surface area contributed by atoms with Gasteiger partial charge >= 0.3 is 0 Å². The Morgan fingerprint density at radius 1 is 1.10 bits per heavy atom. The summed E-state index contributed by atoms with van der Waals surface area (Å²) >= 11 is 0. The molecule has 4 rings (SSSR count). The summed E-state index contributed by atoms with van der Waals surface area (Å²) in [6.45, 7) is 5.92. The topological polar surface area (TPSA) is 16.1 Å². The smallest absolute Gasteiger partial charge is 0.0702 e. The molecule has 2 aromatic rings. The predicted octanol–water partition coefficient (Wildman–Crippen LogP) is 3.79. The molecule has 21 heavy (non-hydrogen) atoms. The number of benzene rings is 1. The Kier molecular flexibility index (Phi) is 3.07. The molecule has 2 aliphatic rings. The van der Waals surface area contributed by atoms with Crippen LogP contribution in [-0.2, 0) is 5.41 Å². The van der Waals surface area contributed by atoms with Gasteiger partial charge in [0, 0.05) is 23.7 Å². The second-order valence-corrected chi connectivity index (χ2v) is 6.71. The Morgan fingerprint density at radius 2 is 2.05 bits per heavy atom. The summed E-state index contributed by atoms with van der Waals surface area (Å²) < 4.78 is 0. The van der Waals surface area contributed by atoms with Crippen molar-refractivity contribution in [1.82, 2.24) is 9.88 Å². The molecule has 0 amide bonds. The predicted molar refractivity (Wildman–Crippen MR) is 86.4 cm³/mol. The first-order valence-corrected chi connectivity index (χ1v) is 8.01. The SMILES string of the molecule is Cc1cccc(-c2ccc(C34CCCN(CC3)C4)cn2)c1. The lowest BCUT2D eigenvalue weighted by molar-refractivity contribution is 0.243. The highest BCUT2D eigenvalue weighted by molar-refractivity contribution is 5.60. The van der Waals surface area contributed by atoms with Crippen LogP contribution in [-0.4, -0.2) is 29.5 Å². The summed E-state index contributed by atoms with van der Waals surface area (Å²) in [4.78, 5) is 7.37. The molecule has 2 fully saturated rings. The Balaban J connectivity index is 1.65. The third-order valence-corrected chi connectivity index (χ3v) is 5.25. The quantitative estimate of drug-likeness (QED) is 0.831. The first-order chi connectivity index (χ1) is 10.3. The lowest BCUT2D eigenvalue weighted by Crippen LogP contribution is -2.36. The number of piperidine rings is 1. The van der Waals surface area contributed by atoms with Crippen LogP contribution in [0.1, 0.15) is 30.4 Å². The maximum atomic E-state index is 4.76. The number of aryl methyl sites for hydroxylation is 1. The summed E-state index contributed by atoms with van der Waals surface area (Å²) in [7, 11) is 0. The average molecular weight is 278 g/mol. The van der Waals surface area contributed by atoms with Gasteiger partial charge in [-0.1, -0.05) is 29.8 Å². The van der Waals surface area contributed by atoms with Crippen LogP contribution in [0.5, 0.6) is 0 Å². The molecule has 1 aromatic heterocycles. The number of rotatable bonds is 2. The van der Waals surface area contributed by atoms with E-state index in [-0.39, 0.29) is 0 Å². The van der Waals surface area contributed by atoms with E-state index in [1.807, 2.05) is 0 Å². The van der Waals surface area contributed by atoms with Crippen molar-refractivity contribution >= 4 is 0 Å². The standard InChI is InChI=1S/C19H22N2/c1-15-4-2-5-16(12-15)18-7-6-17(13-20-18)19-8-3-10-21(14-19)11-9-19/h2,4-7,12-13H,3,8-11,14H2,1H3. The fourth-order valence-corrected chi connectivity index (χ4v) is 4.06. The highest BCUT2D eigenvalue weighted by Crippen LogP contribution is 2.42. The second kappa shape index (κ2) is 4.96. The van der Waals surface area contributed by atoms with Gasteiger partial charge in [0.15, 0.2) is 0 Å². The lowest BCUT2D eigenvalue weighted by atomic mass is 9.75. The molecule has 2 bridgehead atoms. The molecule has 2 nitrogen and oxygen atoms in total. The van der Waals surface area contributed by atoms with Crippen molar-refractivity contribution in [3.63, 3.8) is 0 Å². The Bertz CT molecular complexity index is 643. The van der Waals surface area contributed by atoms with Crippen LogP contribution in [0.3, 0.4) is 0 Å². The summed E-state index contributed by atoms with van der Waals surface area (Å²) in [6.07, 6.45) is 6.10. The van der Waals surface area contributed by atoms with E-state index in [1.165, 1.54) is 55.6 Å². The van der Waals surface area contributed by atoms with Gasteiger partial charge in [0.05, 0.1) is 5.69 Å². The van der Waals surface area contributed by atoms with Crippen molar-refractivity contribution in [2.75, 3.05) is 19.6 Å². The van der Waals surface area contributed by atoms with Crippen molar-refractivity contribution in [2.24, 2.45) is 0 Å². The van der Waals surface area contributed by atoms with Crippen LogP contribution < -0.4 is 0 Å². The zero-order valence-corrected chi connectivity index (χ0v) is 12.7. The van der Waals surface area contributed by atoms with Gasteiger partial charge in [0.2, 0.25) is 0 Å². The minimum absolute atomic E-state index is 0.385. The summed E-state index contributed by atoms with van der Waals surface area (Å²) in [6, 6.07) is 13.1. The highest BCUT2D eigenvalue weighted by atomic mass is 15.2. The maximum Gasteiger partial charge on any atom is 0.0702 e. The fourth-order valence-electron chi connectivity index (χ4n) is 4.06. The number of hydrogen-bond donors (Lipinski definition) is 0. The monoisotopic (exact) mass is 278 g/mol. The van der Waals surface area contributed by atoms with Gasteiger partial charge in [-0.25, -0.2) is 0 Å². The normalized spacial score (nSPS) is 27.8. The third kappa shape index (κ3) is 2.28. The third-order valence-electron chi connectivity index (χ3n) is 5.25. The van der Waals surface area contributed by atoms with E-state index in [4.69, 9.17) is 4.98 Å². The number of aromatic nitrogens is 1. The van der Waals surface area contributed by atoms with Crippen LogP contribution >= 0.6 is 0 Å². The van der Waals surface area contributed by atoms with E-state index in [0.717, 1.165) is 5.69 Å². The van der Waals surface area contributed by atoms with Gasteiger partial charge in [0.1, 0.15) is 0 Å². The van der Waals surface area contributed by atoms with Crippen LogP contribution in [0.15, 0.2) is 42.6 Å². The van der Waals surface area contributed by atoms with Crippen LogP contribution in [0, 0.1) is 6.92 Å². The molecule has 3 heterocycles. The summed E-state index contributed by atoms with van der Waals surface area (Å²) in [5, 5.41) is 0. The molecule has 0 N–H and O–H groups in total. The van der Waals surface area contributed by atoms with Crippen molar-refractivity contribution < 1.29 is 0 Å². The molecule has 0 saturated carbocycles. The first kappa shape index (κ1) is 13.0. The minimum Gasteiger partial charge on any atom is -0.302 e. The zero-order chi connectivity index (χ0) is 14.3. The Hall–Kier alpha value is -1.67. The van der Waals surface area contributed by atoms with Crippen LogP contribution in [0.4, 0.5) is 0 Å². The molecule has 108 valence electrons. The number of nitrogens with zero attached hydrogens (tertiary/aromatic N) is 2. The van der Waals surface area contributed by atoms with E-state index in [1.54, 1.807) is 0 Å². The minimum atomic E-state index is 0.385. The average Bonchev–Trinajstić information content (AvgIpc) is 2.83. The van der Waals surface area contributed by atoms with Gasteiger partial charge in [0.25, 0.3) is 0 Å². The fraction of sp³-hybridized carbons (Fsp3) is 0.421. The van der Waals surface area contributed by atoms with Crippen molar-refractivity contribution in [2.45, 2.75) is 31.6 Å². The van der Waals surface area contributed by atoms with E-state index in [2.05, 4.69) is 54.4 Å². The molecule has 2 unspecified atom stereocenters. The zero-order valence-electron chi connectivity index (χ0n) is 12.7. The first-order valence-electron chi connectivity index (χ1n) is 8.01. The highest BCUT2D eigenvalue weighted by Gasteiger charge is 2.42. The van der Waals surface area contributed by atoms with Crippen LogP contribution in [0.2, 0.25) is 0 Å². The van der Waals surface area contributed by atoms with Gasteiger partial charge in [-0.05, 0) is 57.0 Å². The summed E-state index contributed by atoms with van der Waals surface area (Å²) in [5.74, 6) is 0. The Morgan fingerprint density at radius 3 is 2.86 bits per heavy atom. The van der Waals surface area contributed by atoms with Gasteiger partial charge in [-0.2, -0.15) is 0 Å². The lowest BCUT2D eigenvalue weighted by Gasteiger charge is -2.34. The number of hydrogen-bond acceptors (Lipinski definition) is 2. The number of fused-ring (bicyclic) bond motifs is 2. The largest absolute Gasteiger partial charge is 0.302 e. The molecular weight excluding hydrogens is 256 g/mol. The molecule has 2 atom stereocenters. The van der Waals surface area contributed by atoms with Crippen molar-refractivity contribution in [3.8, 4) is 11.3 Å².